The number of benzene rings is 2. The van der Waals surface area contributed by atoms with Gasteiger partial charge in [0.2, 0.25) is 0 Å². The molecule has 28 heavy (non-hydrogen) atoms. The number of nitrogens with zero attached hydrogens (tertiary/aromatic N) is 2. The van der Waals surface area contributed by atoms with E-state index in [-0.39, 0.29) is 11.9 Å². The van der Waals surface area contributed by atoms with Gasteiger partial charge in [0, 0.05) is 11.8 Å². The van der Waals surface area contributed by atoms with Gasteiger partial charge in [-0.05, 0) is 54.3 Å². The van der Waals surface area contributed by atoms with E-state index in [0.717, 1.165) is 59.5 Å². The Morgan fingerprint density at radius 1 is 1.14 bits per heavy atom. The monoisotopic (exact) mass is 375 g/mol. The molecule has 1 unspecified atom stereocenters. The topological polar surface area (TPSA) is 58.2 Å². The summed E-state index contributed by atoms with van der Waals surface area (Å²) in [6.07, 6.45) is 6.43. The number of hydrogen-bond donors (Lipinski definition) is 1. The third-order valence-corrected chi connectivity index (χ3v) is 5.21. The minimum absolute atomic E-state index is 0.0176. The van der Waals surface area contributed by atoms with Crippen LogP contribution in [-0.2, 0) is 4.79 Å². The molecule has 0 saturated carbocycles. The maximum atomic E-state index is 12.8. The molecule has 3 aromatic rings. The minimum atomic E-state index is -0.0948. The van der Waals surface area contributed by atoms with E-state index in [0.29, 0.717) is 0 Å². The molecule has 1 atom stereocenters. The maximum absolute atomic E-state index is 12.8. The number of H-pyrrole nitrogens is 1. The van der Waals surface area contributed by atoms with E-state index in [1.165, 1.54) is 0 Å². The van der Waals surface area contributed by atoms with E-state index in [1.54, 1.807) is 12.4 Å². The average molecular weight is 375 g/mol. The molecule has 2 aromatic carbocycles. The van der Waals surface area contributed by atoms with Gasteiger partial charge in [-0.15, -0.1) is 0 Å². The summed E-state index contributed by atoms with van der Waals surface area (Å²) in [6.45, 7) is 4.97. The van der Waals surface area contributed by atoms with E-state index < -0.39 is 0 Å². The zero-order chi connectivity index (χ0) is 19.5. The van der Waals surface area contributed by atoms with E-state index >= 15 is 0 Å². The van der Waals surface area contributed by atoms with Crippen LogP contribution in [0.3, 0.4) is 0 Å². The van der Waals surface area contributed by atoms with Crippen molar-refractivity contribution in [2.45, 2.75) is 39.2 Å². The van der Waals surface area contributed by atoms with Gasteiger partial charge in [0.05, 0.1) is 30.0 Å². The van der Waals surface area contributed by atoms with Crippen LogP contribution in [0.5, 0.6) is 5.75 Å². The molecule has 1 N–H and O–H groups in total. The number of amides is 1. The number of unbranched alkanes of at least 4 members (excludes halogenated alkanes) is 1. The van der Waals surface area contributed by atoms with Crippen molar-refractivity contribution in [1.29, 1.82) is 0 Å². The molecule has 0 aliphatic carbocycles. The zero-order valence-corrected chi connectivity index (χ0v) is 16.3. The molecule has 4 rings (SSSR count). The van der Waals surface area contributed by atoms with Crippen LogP contribution in [-0.4, -0.2) is 22.5 Å². The van der Waals surface area contributed by atoms with Crippen LogP contribution in [0.4, 0.5) is 5.69 Å². The van der Waals surface area contributed by atoms with Crippen molar-refractivity contribution in [2.75, 3.05) is 11.5 Å². The summed E-state index contributed by atoms with van der Waals surface area (Å²) >= 11 is 0. The molecule has 0 radical (unpaired) electrons. The Morgan fingerprint density at radius 3 is 2.71 bits per heavy atom. The first kappa shape index (κ1) is 18.3. The Balaban J connectivity index is 1.65. The van der Waals surface area contributed by atoms with Gasteiger partial charge in [0.25, 0.3) is 5.91 Å². The fraction of sp³-hybridized carbons (Fsp3) is 0.304. The molecule has 0 spiro atoms. The zero-order valence-electron chi connectivity index (χ0n) is 16.3. The summed E-state index contributed by atoms with van der Waals surface area (Å²) in [4.78, 5) is 22.1. The molecular weight excluding hydrogens is 350 g/mol. The van der Waals surface area contributed by atoms with Gasteiger partial charge in [-0.2, -0.15) is 0 Å². The number of carbonyl (C=O) groups is 1. The second kappa shape index (κ2) is 7.89. The molecule has 2 heterocycles. The highest BCUT2D eigenvalue weighted by atomic mass is 16.5. The predicted molar refractivity (Wildman–Crippen MR) is 112 cm³/mol. The third-order valence-electron chi connectivity index (χ3n) is 5.21. The standard InChI is InChI=1S/C23H25N3O2/c1-3-5-12-28-19-9-6-17(7-10-19)23-16(4-2)13-22(27)26(23)18-8-11-20-21(14-18)25-15-24-20/h6-11,13-15,23H,3-5,12H2,1-2H3,(H,24,25). The van der Waals surface area contributed by atoms with Crippen LogP contribution in [0, 0.1) is 0 Å². The van der Waals surface area contributed by atoms with Gasteiger partial charge in [-0.3, -0.25) is 9.69 Å². The Bertz CT molecular complexity index is 1000. The number of ether oxygens (including phenoxy) is 1. The van der Waals surface area contributed by atoms with Crippen molar-refractivity contribution in [3.8, 4) is 5.75 Å². The van der Waals surface area contributed by atoms with Crippen LogP contribution in [0.25, 0.3) is 11.0 Å². The normalized spacial score (nSPS) is 16.6. The van der Waals surface area contributed by atoms with E-state index in [2.05, 4.69) is 35.9 Å². The lowest BCUT2D eigenvalue weighted by Crippen LogP contribution is -2.29. The molecule has 0 fully saturated rings. The first-order valence-corrected chi connectivity index (χ1v) is 9.90. The summed E-state index contributed by atoms with van der Waals surface area (Å²) in [7, 11) is 0. The van der Waals surface area contributed by atoms with Crippen molar-refractivity contribution in [2.24, 2.45) is 0 Å². The van der Waals surface area contributed by atoms with Crippen molar-refractivity contribution in [1.82, 2.24) is 9.97 Å². The summed E-state index contributed by atoms with van der Waals surface area (Å²) in [6, 6.07) is 13.9. The van der Waals surface area contributed by atoms with Crippen LogP contribution < -0.4 is 9.64 Å². The molecule has 144 valence electrons. The molecule has 1 amide bonds. The molecule has 5 heteroatoms. The van der Waals surface area contributed by atoms with Gasteiger partial charge in [-0.25, -0.2) is 4.98 Å². The Morgan fingerprint density at radius 2 is 1.96 bits per heavy atom. The van der Waals surface area contributed by atoms with Crippen molar-refractivity contribution >= 4 is 22.6 Å². The lowest BCUT2D eigenvalue weighted by molar-refractivity contribution is -0.113. The quantitative estimate of drug-likeness (QED) is 0.580. The largest absolute Gasteiger partial charge is 0.494 e. The number of carbonyl (C=O) groups excluding carboxylic acids is 1. The lowest BCUT2D eigenvalue weighted by atomic mass is 9.97. The lowest BCUT2D eigenvalue weighted by Gasteiger charge is -2.28. The summed E-state index contributed by atoms with van der Waals surface area (Å²) in [5, 5.41) is 0. The number of hydrogen-bond acceptors (Lipinski definition) is 3. The van der Waals surface area contributed by atoms with Crippen LogP contribution in [0.1, 0.15) is 44.7 Å². The van der Waals surface area contributed by atoms with Crippen LogP contribution >= 0.6 is 0 Å². The fourth-order valence-corrected chi connectivity index (χ4v) is 3.69. The Hall–Kier alpha value is -3.08. The smallest absolute Gasteiger partial charge is 0.251 e. The van der Waals surface area contributed by atoms with Gasteiger partial charge in [-0.1, -0.05) is 32.4 Å². The van der Waals surface area contributed by atoms with Gasteiger partial charge >= 0.3 is 0 Å². The molecular formula is C23H25N3O2. The minimum Gasteiger partial charge on any atom is -0.494 e. The fourth-order valence-electron chi connectivity index (χ4n) is 3.69. The number of aromatic nitrogens is 2. The van der Waals surface area contributed by atoms with Gasteiger partial charge < -0.3 is 9.72 Å². The maximum Gasteiger partial charge on any atom is 0.251 e. The van der Waals surface area contributed by atoms with Crippen LogP contribution in [0.2, 0.25) is 0 Å². The molecule has 0 bridgehead atoms. The number of imidazole rings is 1. The number of anilines is 1. The third kappa shape index (κ3) is 3.40. The molecule has 0 saturated heterocycles. The highest BCUT2D eigenvalue weighted by Crippen LogP contribution is 2.40. The first-order chi connectivity index (χ1) is 13.7. The van der Waals surface area contributed by atoms with Crippen molar-refractivity contribution < 1.29 is 9.53 Å². The highest BCUT2D eigenvalue weighted by molar-refractivity contribution is 6.06. The van der Waals surface area contributed by atoms with Gasteiger partial charge in [0.15, 0.2) is 0 Å². The number of fused-ring (bicyclic) bond motifs is 1. The number of nitrogens with one attached hydrogen (secondary N) is 1. The summed E-state index contributed by atoms with van der Waals surface area (Å²) < 4.78 is 5.78. The second-order valence-corrected chi connectivity index (χ2v) is 7.06. The predicted octanol–water partition coefficient (Wildman–Crippen LogP) is 5.17. The second-order valence-electron chi connectivity index (χ2n) is 7.06. The average Bonchev–Trinajstić information content (AvgIpc) is 3.32. The van der Waals surface area contributed by atoms with E-state index in [9.17, 15) is 4.79 Å². The van der Waals surface area contributed by atoms with E-state index in [4.69, 9.17) is 4.74 Å². The first-order valence-electron chi connectivity index (χ1n) is 9.90. The molecule has 1 aliphatic rings. The SMILES string of the molecule is CCCCOc1ccc(C2C(CC)=CC(=O)N2c2ccc3nc[nH]c3c2)cc1. The molecule has 1 aliphatic heterocycles. The number of aromatic amines is 1. The van der Waals surface area contributed by atoms with Crippen LogP contribution in [0.15, 0.2) is 60.4 Å². The summed E-state index contributed by atoms with van der Waals surface area (Å²) in [5.74, 6) is 0.887. The Labute approximate surface area is 165 Å². The molecule has 1 aromatic heterocycles. The van der Waals surface area contributed by atoms with E-state index in [1.807, 2.05) is 35.2 Å². The Kier molecular flexibility index (Phi) is 5.15. The van der Waals surface area contributed by atoms with Crippen molar-refractivity contribution in [3.63, 3.8) is 0 Å². The van der Waals surface area contributed by atoms with Crippen molar-refractivity contribution in [3.05, 3.63) is 66.0 Å². The van der Waals surface area contributed by atoms with Gasteiger partial charge in [0.1, 0.15) is 5.75 Å². The highest BCUT2D eigenvalue weighted by Gasteiger charge is 2.34. The summed E-state index contributed by atoms with van der Waals surface area (Å²) in [5.41, 5.74) is 4.90. The molecule has 5 nitrogen and oxygen atoms in total. The number of rotatable bonds is 7.